The van der Waals surface area contributed by atoms with Gasteiger partial charge in [-0.2, -0.15) is 0 Å². The summed E-state index contributed by atoms with van der Waals surface area (Å²) in [5.74, 6) is 0.298. The Morgan fingerprint density at radius 2 is 2.00 bits per heavy atom. The topological polar surface area (TPSA) is 46.2 Å². The van der Waals surface area contributed by atoms with Crippen molar-refractivity contribution in [2.45, 2.75) is 38.9 Å². The third-order valence-electron chi connectivity index (χ3n) is 2.39. The lowest BCUT2D eigenvalue weighted by Crippen LogP contribution is -2.41. The van der Waals surface area contributed by atoms with Gasteiger partial charge in [-0.1, -0.05) is 20.8 Å². The van der Waals surface area contributed by atoms with Crippen molar-refractivity contribution < 1.29 is 8.42 Å². The molecule has 0 radical (unpaired) electrons. The average Bonchev–Trinajstić information content (AvgIpc) is 2.01. The molecule has 4 heteroatoms. The van der Waals surface area contributed by atoms with Crippen molar-refractivity contribution in [3.63, 3.8) is 0 Å². The molecule has 1 atom stereocenters. The van der Waals surface area contributed by atoms with Crippen LogP contribution in [-0.2, 0) is 9.84 Å². The average molecular weight is 219 g/mol. The maximum absolute atomic E-state index is 12.0. The van der Waals surface area contributed by atoms with Crippen LogP contribution in [-0.4, -0.2) is 32.5 Å². The van der Waals surface area contributed by atoms with Gasteiger partial charge in [0.15, 0.2) is 9.84 Å². The SMILES string of the molecule is CC(C)(C)CS(=O)(=O)C1CCCNC1. The second-order valence-corrected chi connectivity index (χ2v) is 7.62. The quantitative estimate of drug-likeness (QED) is 0.759. The molecule has 0 aromatic rings. The Hall–Kier alpha value is -0.0900. The van der Waals surface area contributed by atoms with Gasteiger partial charge in [0.1, 0.15) is 0 Å². The van der Waals surface area contributed by atoms with Crippen molar-refractivity contribution in [1.29, 1.82) is 0 Å². The number of hydrogen-bond acceptors (Lipinski definition) is 3. The van der Waals surface area contributed by atoms with Gasteiger partial charge >= 0.3 is 0 Å². The highest BCUT2D eigenvalue weighted by Crippen LogP contribution is 2.21. The van der Waals surface area contributed by atoms with Gasteiger partial charge < -0.3 is 5.32 Å². The lowest BCUT2D eigenvalue weighted by molar-refractivity contribution is 0.445. The molecule has 3 nitrogen and oxygen atoms in total. The molecule has 1 aliphatic heterocycles. The van der Waals surface area contributed by atoms with Crippen LogP contribution in [0.5, 0.6) is 0 Å². The standard InChI is InChI=1S/C10H21NO2S/c1-10(2,3)8-14(12,13)9-5-4-6-11-7-9/h9,11H,4-8H2,1-3H3. The van der Waals surface area contributed by atoms with Gasteiger partial charge in [0.2, 0.25) is 0 Å². The Kier molecular flexibility index (Phi) is 3.58. The van der Waals surface area contributed by atoms with Gasteiger partial charge in [0, 0.05) is 6.54 Å². The van der Waals surface area contributed by atoms with Crippen molar-refractivity contribution in [2.24, 2.45) is 5.41 Å². The number of nitrogens with one attached hydrogen (secondary N) is 1. The maximum atomic E-state index is 12.0. The third-order valence-corrected chi connectivity index (χ3v) is 5.08. The molecule has 0 aromatic carbocycles. The van der Waals surface area contributed by atoms with Crippen molar-refractivity contribution in [1.82, 2.24) is 5.32 Å². The van der Waals surface area contributed by atoms with Crippen molar-refractivity contribution in [3.05, 3.63) is 0 Å². The third kappa shape index (κ3) is 3.58. The van der Waals surface area contributed by atoms with Gasteiger partial charge in [-0.15, -0.1) is 0 Å². The zero-order valence-electron chi connectivity index (χ0n) is 9.34. The molecule has 1 rings (SSSR count). The molecule has 1 N–H and O–H groups in total. The smallest absolute Gasteiger partial charge is 0.154 e. The van der Waals surface area contributed by atoms with E-state index in [1.165, 1.54) is 0 Å². The largest absolute Gasteiger partial charge is 0.315 e. The van der Waals surface area contributed by atoms with E-state index < -0.39 is 9.84 Å². The van der Waals surface area contributed by atoms with Gasteiger partial charge in [0.05, 0.1) is 11.0 Å². The molecule has 0 amide bonds. The van der Waals surface area contributed by atoms with Crippen molar-refractivity contribution in [2.75, 3.05) is 18.8 Å². The van der Waals surface area contributed by atoms with E-state index in [-0.39, 0.29) is 10.7 Å². The fraction of sp³-hybridized carbons (Fsp3) is 1.00. The Bertz CT molecular complexity index is 271. The van der Waals surface area contributed by atoms with Gasteiger partial charge in [-0.3, -0.25) is 0 Å². The molecule has 0 spiro atoms. The fourth-order valence-corrected chi connectivity index (χ4v) is 4.19. The monoisotopic (exact) mass is 219 g/mol. The fourth-order valence-electron chi connectivity index (χ4n) is 1.85. The van der Waals surface area contributed by atoms with Gasteiger partial charge in [-0.25, -0.2) is 8.42 Å². The van der Waals surface area contributed by atoms with E-state index in [4.69, 9.17) is 0 Å². The van der Waals surface area contributed by atoms with Crippen LogP contribution >= 0.6 is 0 Å². The summed E-state index contributed by atoms with van der Waals surface area (Å²) in [6.45, 7) is 7.52. The molecule has 0 aliphatic carbocycles. The predicted octanol–water partition coefficient (Wildman–Crippen LogP) is 1.20. The summed E-state index contributed by atoms with van der Waals surface area (Å²) in [7, 11) is -2.90. The lowest BCUT2D eigenvalue weighted by atomic mass is 10.0. The molecular formula is C10H21NO2S. The van der Waals surface area contributed by atoms with Crippen LogP contribution in [0.4, 0.5) is 0 Å². The summed E-state index contributed by atoms with van der Waals surface area (Å²) < 4.78 is 23.9. The van der Waals surface area contributed by atoms with Crippen LogP contribution in [0.3, 0.4) is 0 Å². The Morgan fingerprint density at radius 1 is 1.36 bits per heavy atom. The highest BCUT2D eigenvalue weighted by Gasteiger charge is 2.30. The highest BCUT2D eigenvalue weighted by atomic mass is 32.2. The summed E-state index contributed by atoms with van der Waals surface area (Å²) in [5.41, 5.74) is -0.129. The second kappa shape index (κ2) is 4.19. The minimum atomic E-state index is -2.90. The second-order valence-electron chi connectivity index (χ2n) is 5.34. The Balaban J connectivity index is 2.64. The summed E-state index contributed by atoms with van der Waals surface area (Å²) >= 11 is 0. The number of sulfone groups is 1. The Morgan fingerprint density at radius 3 is 2.43 bits per heavy atom. The molecule has 14 heavy (non-hydrogen) atoms. The summed E-state index contributed by atoms with van der Waals surface area (Å²) in [5, 5.41) is 2.99. The van der Waals surface area contributed by atoms with Crippen LogP contribution in [0.1, 0.15) is 33.6 Å². The van der Waals surface area contributed by atoms with E-state index in [1.807, 2.05) is 20.8 Å². The maximum Gasteiger partial charge on any atom is 0.154 e. The first-order chi connectivity index (χ1) is 6.31. The first-order valence-electron chi connectivity index (χ1n) is 5.23. The molecule has 1 heterocycles. The van der Waals surface area contributed by atoms with E-state index >= 15 is 0 Å². The normalized spacial score (nSPS) is 24.9. The molecule has 0 bridgehead atoms. The van der Waals surface area contributed by atoms with Crippen molar-refractivity contribution >= 4 is 9.84 Å². The first kappa shape index (κ1) is 12.0. The van der Waals surface area contributed by atoms with Crippen molar-refractivity contribution in [3.8, 4) is 0 Å². The molecule has 84 valence electrons. The molecule has 0 aromatic heterocycles. The summed E-state index contributed by atoms with van der Waals surface area (Å²) in [6, 6.07) is 0. The molecular weight excluding hydrogens is 198 g/mol. The van der Waals surface area contributed by atoms with E-state index in [1.54, 1.807) is 0 Å². The van der Waals surface area contributed by atoms with Crippen LogP contribution in [0.15, 0.2) is 0 Å². The number of rotatable bonds is 2. The van der Waals surface area contributed by atoms with E-state index in [2.05, 4.69) is 5.32 Å². The molecule has 1 aliphatic rings. The molecule has 0 saturated carbocycles. The van der Waals surface area contributed by atoms with Crippen LogP contribution in [0, 0.1) is 5.41 Å². The van der Waals surface area contributed by atoms with E-state index in [0.717, 1.165) is 19.4 Å². The summed E-state index contributed by atoms with van der Waals surface area (Å²) in [6.07, 6.45) is 1.81. The molecule has 1 unspecified atom stereocenters. The minimum Gasteiger partial charge on any atom is -0.315 e. The van der Waals surface area contributed by atoms with Gasteiger partial charge in [0.25, 0.3) is 0 Å². The van der Waals surface area contributed by atoms with Crippen LogP contribution in [0.25, 0.3) is 0 Å². The summed E-state index contributed by atoms with van der Waals surface area (Å²) in [4.78, 5) is 0. The predicted molar refractivity (Wildman–Crippen MR) is 59.1 cm³/mol. The first-order valence-corrected chi connectivity index (χ1v) is 6.95. The van der Waals surface area contributed by atoms with E-state index in [9.17, 15) is 8.42 Å². The molecule has 1 fully saturated rings. The number of hydrogen-bond donors (Lipinski definition) is 1. The Labute approximate surface area is 87.2 Å². The van der Waals surface area contributed by atoms with E-state index in [0.29, 0.717) is 12.3 Å². The number of piperidine rings is 1. The van der Waals surface area contributed by atoms with Crippen LogP contribution in [0.2, 0.25) is 0 Å². The molecule has 1 saturated heterocycles. The zero-order chi connectivity index (χ0) is 10.8. The zero-order valence-corrected chi connectivity index (χ0v) is 10.2. The lowest BCUT2D eigenvalue weighted by Gasteiger charge is -2.26. The van der Waals surface area contributed by atoms with Crippen LogP contribution < -0.4 is 5.32 Å². The highest BCUT2D eigenvalue weighted by molar-refractivity contribution is 7.92. The minimum absolute atomic E-state index is 0.129. The van der Waals surface area contributed by atoms with Gasteiger partial charge in [-0.05, 0) is 24.8 Å².